The van der Waals surface area contributed by atoms with Crippen LogP contribution >= 0.6 is 0 Å². The molecule has 144 valence electrons. The number of rotatable bonds is 8. The van der Waals surface area contributed by atoms with Gasteiger partial charge in [-0.1, -0.05) is 6.07 Å². The van der Waals surface area contributed by atoms with Crippen LogP contribution in [0.2, 0.25) is 0 Å². The summed E-state index contributed by atoms with van der Waals surface area (Å²) in [5.74, 6) is -0.125. The molecule has 0 radical (unpaired) electrons. The number of methoxy groups -OCH3 is 2. The van der Waals surface area contributed by atoms with E-state index in [-0.39, 0.29) is 24.0 Å². The first kappa shape index (κ1) is 20.2. The maximum Gasteiger partial charge on any atom is 0.258 e. The number of hydrogen-bond acceptors (Lipinski definition) is 5. The molecule has 0 saturated heterocycles. The highest BCUT2D eigenvalue weighted by Crippen LogP contribution is 2.28. The molecule has 0 aliphatic carbocycles. The Balaban J connectivity index is 1.98. The molecule has 0 unspecified atom stereocenters. The highest BCUT2D eigenvalue weighted by atomic mass is 19.1. The van der Waals surface area contributed by atoms with Crippen LogP contribution in [-0.4, -0.2) is 32.5 Å². The van der Waals surface area contributed by atoms with Gasteiger partial charge in [-0.25, -0.2) is 4.39 Å². The predicted molar refractivity (Wildman–Crippen MR) is 98.0 cm³/mol. The number of ether oxygens (including phenoxy) is 3. The average molecular weight is 375 g/mol. The number of Topliss-reactive ketones (excluding diaryl/α,β-unsaturated/α-hetero) is 1. The van der Waals surface area contributed by atoms with Crippen LogP contribution < -0.4 is 19.5 Å². The van der Waals surface area contributed by atoms with Crippen LogP contribution in [0.3, 0.4) is 0 Å². The van der Waals surface area contributed by atoms with E-state index < -0.39 is 11.9 Å². The fourth-order valence-corrected chi connectivity index (χ4v) is 2.47. The minimum atomic E-state index is -0.498. The summed E-state index contributed by atoms with van der Waals surface area (Å²) in [5.41, 5.74) is 1.09. The summed E-state index contributed by atoms with van der Waals surface area (Å²) in [6, 6.07) is 8.81. The van der Waals surface area contributed by atoms with E-state index in [1.165, 1.54) is 33.3 Å². The summed E-state index contributed by atoms with van der Waals surface area (Å²) in [6.45, 7) is 2.94. The zero-order valence-electron chi connectivity index (χ0n) is 15.7. The molecule has 27 heavy (non-hydrogen) atoms. The predicted octanol–water partition coefficient (Wildman–Crippen LogP) is 3.30. The molecule has 7 heteroatoms. The molecule has 0 aliphatic rings. The molecule has 0 heterocycles. The van der Waals surface area contributed by atoms with Crippen LogP contribution in [0.15, 0.2) is 36.4 Å². The monoisotopic (exact) mass is 375 g/mol. The lowest BCUT2D eigenvalue weighted by molar-refractivity contribution is -0.123. The second-order valence-electron chi connectivity index (χ2n) is 5.89. The van der Waals surface area contributed by atoms with E-state index in [0.29, 0.717) is 22.6 Å². The number of hydrogen-bond donors (Lipinski definition) is 1. The Morgan fingerprint density at radius 3 is 2.30 bits per heavy atom. The zero-order valence-corrected chi connectivity index (χ0v) is 15.7. The van der Waals surface area contributed by atoms with Crippen molar-refractivity contribution in [1.82, 2.24) is 5.32 Å². The van der Waals surface area contributed by atoms with E-state index >= 15 is 0 Å². The number of ketones is 1. The number of amides is 1. The van der Waals surface area contributed by atoms with Gasteiger partial charge >= 0.3 is 0 Å². The van der Waals surface area contributed by atoms with E-state index in [1.54, 1.807) is 31.2 Å². The van der Waals surface area contributed by atoms with E-state index in [2.05, 4.69) is 5.32 Å². The van der Waals surface area contributed by atoms with Crippen molar-refractivity contribution in [2.24, 2.45) is 0 Å². The Kier molecular flexibility index (Phi) is 6.76. The van der Waals surface area contributed by atoms with Gasteiger partial charge in [-0.05, 0) is 49.7 Å². The van der Waals surface area contributed by atoms with Gasteiger partial charge in [0.25, 0.3) is 5.91 Å². The largest absolute Gasteiger partial charge is 0.494 e. The van der Waals surface area contributed by atoms with Crippen LogP contribution in [0.5, 0.6) is 17.2 Å². The maximum absolute atomic E-state index is 13.8. The number of benzene rings is 2. The highest BCUT2D eigenvalue weighted by Gasteiger charge is 2.14. The molecule has 1 N–H and O–H groups in total. The lowest BCUT2D eigenvalue weighted by atomic mass is 10.1. The van der Waals surface area contributed by atoms with Crippen molar-refractivity contribution in [3.8, 4) is 17.2 Å². The molecule has 6 nitrogen and oxygen atoms in total. The van der Waals surface area contributed by atoms with Gasteiger partial charge in [0.2, 0.25) is 0 Å². The molecule has 0 aliphatic heterocycles. The lowest BCUT2D eigenvalue weighted by Crippen LogP contribution is -2.31. The molecule has 1 amide bonds. The Bertz CT molecular complexity index is 837. The summed E-state index contributed by atoms with van der Waals surface area (Å²) in [6.07, 6.45) is 0. The summed E-state index contributed by atoms with van der Waals surface area (Å²) < 4.78 is 29.3. The highest BCUT2D eigenvalue weighted by molar-refractivity contribution is 5.94. The summed E-state index contributed by atoms with van der Waals surface area (Å²) >= 11 is 0. The molecule has 0 aromatic heterocycles. The second kappa shape index (κ2) is 9.02. The summed E-state index contributed by atoms with van der Waals surface area (Å²) in [5, 5.41) is 2.73. The van der Waals surface area contributed by atoms with Crippen molar-refractivity contribution in [2.75, 3.05) is 20.8 Å². The molecular formula is C20H22FNO5. The summed E-state index contributed by atoms with van der Waals surface area (Å²) in [7, 11) is 2.84. The first-order chi connectivity index (χ1) is 12.8. The molecular weight excluding hydrogens is 353 g/mol. The number of carbonyl (C=O) groups excluding carboxylic acids is 2. The van der Waals surface area contributed by atoms with Crippen LogP contribution in [-0.2, 0) is 4.79 Å². The number of carbonyl (C=O) groups is 2. The smallest absolute Gasteiger partial charge is 0.258 e. The standard InChI is InChI=1S/C20H22FNO5/c1-12(14-5-7-17(25-3)16(21)9-14)22-20(24)11-27-18-8-6-15(13(2)23)10-19(18)26-4/h5-10,12H,11H2,1-4H3,(H,22,24)/t12-/m1/s1. The maximum atomic E-state index is 13.8. The first-order valence-electron chi connectivity index (χ1n) is 8.30. The zero-order chi connectivity index (χ0) is 20.0. The Morgan fingerprint density at radius 2 is 1.70 bits per heavy atom. The minimum absolute atomic E-state index is 0.0989. The summed E-state index contributed by atoms with van der Waals surface area (Å²) in [4.78, 5) is 23.5. The normalized spacial score (nSPS) is 11.4. The van der Waals surface area contributed by atoms with Gasteiger partial charge < -0.3 is 19.5 Å². The lowest BCUT2D eigenvalue weighted by Gasteiger charge is -2.16. The van der Waals surface area contributed by atoms with Gasteiger partial charge in [0.05, 0.1) is 20.3 Å². The number of halogens is 1. The molecule has 0 bridgehead atoms. The van der Waals surface area contributed by atoms with Gasteiger partial charge in [-0.3, -0.25) is 9.59 Å². The van der Waals surface area contributed by atoms with Crippen molar-refractivity contribution in [3.63, 3.8) is 0 Å². The quantitative estimate of drug-likeness (QED) is 0.717. The third kappa shape index (κ3) is 5.20. The van der Waals surface area contributed by atoms with Crippen LogP contribution in [0, 0.1) is 5.82 Å². The fourth-order valence-electron chi connectivity index (χ4n) is 2.47. The molecule has 1 atom stereocenters. The van der Waals surface area contributed by atoms with Crippen molar-refractivity contribution in [1.29, 1.82) is 0 Å². The average Bonchev–Trinajstić information content (AvgIpc) is 2.65. The van der Waals surface area contributed by atoms with Crippen LogP contribution in [0.1, 0.15) is 35.8 Å². The van der Waals surface area contributed by atoms with Crippen molar-refractivity contribution >= 4 is 11.7 Å². The second-order valence-corrected chi connectivity index (χ2v) is 5.89. The van der Waals surface area contributed by atoms with Crippen molar-refractivity contribution in [2.45, 2.75) is 19.9 Å². The SMILES string of the molecule is COc1ccc([C@@H](C)NC(=O)COc2ccc(C(C)=O)cc2OC)cc1F. The van der Waals surface area contributed by atoms with Crippen molar-refractivity contribution in [3.05, 3.63) is 53.3 Å². The molecule has 2 aromatic rings. The molecule has 0 saturated carbocycles. The van der Waals surface area contributed by atoms with Gasteiger partial charge in [0.1, 0.15) is 0 Å². The third-order valence-electron chi connectivity index (χ3n) is 3.98. The molecule has 2 rings (SSSR count). The van der Waals surface area contributed by atoms with Crippen LogP contribution in [0.4, 0.5) is 4.39 Å². The van der Waals surface area contributed by atoms with Gasteiger partial charge in [-0.2, -0.15) is 0 Å². The Hall–Kier alpha value is -3.09. The number of nitrogens with one attached hydrogen (secondary N) is 1. The third-order valence-corrected chi connectivity index (χ3v) is 3.98. The Morgan fingerprint density at radius 1 is 1.04 bits per heavy atom. The van der Waals surface area contributed by atoms with E-state index in [9.17, 15) is 14.0 Å². The molecule has 2 aromatic carbocycles. The van der Waals surface area contributed by atoms with E-state index in [4.69, 9.17) is 14.2 Å². The van der Waals surface area contributed by atoms with Gasteiger partial charge in [0, 0.05) is 5.56 Å². The fraction of sp³-hybridized carbons (Fsp3) is 0.300. The van der Waals surface area contributed by atoms with Gasteiger partial charge in [0.15, 0.2) is 35.5 Å². The van der Waals surface area contributed by atoms with Crippen molar-refractivity contribution < 1.29 is 28.2 Å². The topological polar surface area (TPSA) is 73.9 Å². The minimum Gasteiger partial charge on any atom is -0.494 e. The molecule has 0 spiro atoms. The van der Waals surface area contributed by atoms with E-state index in [0.717, 1.165) is 0 Å². The van der Waals surface area contributed by atoms with E-state index in [1.807, 2.05) is 0 Å². The first-order valence-corrected chi connectivity index (χ1v) is 8.30. The Labute approximate surface area is 157 Å². The van der Waals surface area contributed by atoms with Crippen LogP contribution in [0.25, 0.3) is 0 Å². The molecule has 0 fully saturated rings. The van der Waals surface area contributed by atoms with Gasteiger partial charge in [-0.15, -0.1) is 0 Å².